The van der Waals surface area contributed by atoms with Gasteiger partial charge in [-0.15, -0.1) is 0 Å². The molecule has 0 aromatic heterocycles. The summed E-state index contributed by atoms with van der Waals surface area (Å²) in [5.41, 5.74) is 2.28. The largest absolute Gasteiger partial charge is 0.469 e. The second-order valence-electron chi connectivity index (χ2n) is 6.62. The highest BCUT2D eigenvalue weighted by atomic mass is 16.6. The Labute approximate surface area is 131 Å². The van der Waals surface area contributed by atoms with Gasteiger partial charge in [-0.25, -0.2) is 4.79 Å². The van der Waals surface area contributed by atoms with E-state index in [2.05, 4.69) is 4.74 Å². The molecule has 1 aromatic rings. The van der Waals surface area contributed by atoms with Gasteiger partial charge in [0.25, 0.3) is 0 Å². The molecular formula is C17H23NO4. The molecule has 0 bridgehead atoms. The summed E-state index contributed by atoms with van der Waals surface area (Å²) in [7, 11) is 1.38. The zero-order valence-electron chi connectivity index (χ0n) is 13.8. The van der Waals surface area contributed by atoms with Crippen molar-refractivity contribution in [2.24, 2.45) is 0 Å². The predicted octanol–water partition coefficient (Wildman–Crippen LogP) is 3.09. The molecule has 5 nitrogen and oxygen atoms in total. The van der Waals surface area contributed by atoms with Gasteiger partial charge >= 0.3 is 12.1 Å². The van der Waals surface area contributed by atoms with E-state index in [-0.39, 0.29) is 24.5 Å². The van der Waals surface area contributed by atoms with E-state index < -0.39 is 5.60 Å². The Bertz CT molecular complexity index is 589. The summed E-state index contributed by atoms with van der Waals surface area (Å²) in [5.74, 6) is -0.269. The number of hydrogen-bond acceptors (Lipinski definition) is 4. The van der Waals surface area contributed by atoms with Gasteiger partial charge in [-0.2, -0.15) is 0 Å². The maximum atomic E-state index is 12.4. The summed E-state index contributed by atoms with van der Waals surface area (Å²) < 4.78 is 10.2. The molecule has 1 aliphatic heterocycles. The third-order valence-electron chi connectivity index (χ3n) is 3.53. The SMILES string of the molecule is COC(=O)Cc1ccc2c(c1)CC(C)N2C(=O)OC(C)(C)C. The first-order valence-electron chi connectivity index (χ1n) is 7.42. The minimum atomic E-state index is -0.523. The number of carbonyl (C=O) groups excluding carboxylic acids is 2. The van der Waals surface area contributed by atoms with Crippen LogP contribution in [-0.2, 0) is 27.1 Å². The molecule has 1 aromatic carbocycles. The highest BCUT2D eigenvalue weighted by Crippen LogP contribution is 2.34. The lowest BCUT2D eigenvalue weighted by molar-refractivity contribution is -0.139. The van der Waals surface area contributed by atoms with Crippen LogP contribution in [0.25, 0.3) is 0 Å². The van der Waals surface area contributed by atoms with Crippen molar-refractivity contribution < 1.29 is 19.1 Å². The van der Waals surface area contributed by atoms with Crippen LogP contribution in [0.1, 0.15) is 38.8 Å². The average molecular weight is 305 g/mol. The molecule has 1 aliphatic rings. The van der Waals surface area contributed by atoms with Gasteiger partial charge in [0, 0.05) is 6.04 Å². The zero-order valence-corrected chi connectivity index (χ0v) is 13.8. The number of anilines is 1. The predicted molar refractivity (Wildman–Crippen MR) is 84.0 cm³/mol. The molecule has 0 aliphatic carbocycles. The van der Waals surface area contributed by atoms with Gasteiger partial charge in [0.2, 0.25) is 0 Å². The van der Waals surface area contributed by atoms with Crippen LogP contribution in [0.4, 0.5) is 10.5 Å². The number of benzene rings is 1. The number of ether oxygens (including phenoxy) is 2. The molecule has 0 radical (unpaired) electrons. The fourth-order valence-corrected chi connectivity index (χ4v) is 2.62. The molecule has 120 valence electrons. The van der Waals surface area contributed by atoms with Crippen LogP contribution in [0, 0.1) is 0 Å². The molecule has 1 unspecified atom stereocenters. The lowest BCUT2D eigenvalue weighted by Gasteiger charge is -2.27. The van der Waals surface area contributed by atoms with E-state index in [4.69, 9.17) is 4.74 Å². The summed E-state index contributed by atoms with van der Waals surface area (Å²) in [4.78, 5) is 25.4. The smallest absolute Gasteiger partial charge is 0.415 e. The van der Waals surface area contributed by atoms with Crippen molar-refractivity contribution in [3.8, 4) is 0 Å². The fourth-order valence-electron chi connectivity index (χ4n) is 2.62. The minimum absolute atomic E-state index is 0.0400. The van der Waals surface area contributed by atoms with Crippen LogP contribution in [0.5, 0.6) is 0 Å². The number of methoxy groups -OCH3 is 1. The Morgan fingerprint density at radius 2 is 2.00 bits per heavy atom. The van der Waals surface area contributed by atoms with Gasteiger partial charge < -0.3 is 9.47 Å². The van der Waals surface area contributed by atoms with E-state index in [0.29, 0.717) is 0 Å². The molecule has 1 amide bonds. The van der Waals surface area contributed by atoms with Crippen LogP contribution >= 0.6 is 0 Å². The highest BCUT2D eigenvalue weighted by molar-refractivity contribution is 5.91. The van der Waals surface area contributed by atoms with Crippen molar-refractivity contribution in [3.05, 3.63) is 29.3 Å². The number of nitrogens with zero attached hydrogens (tertiary/aromatic N) is 1. The number of carbonyl (C=O) groups is 2. The molecule has 5 heteroatoms. The van der Waals surface area contributed by atoms with Gasteiger partial charge in [0.1, 0.15) is 5.60 Å². The second kappa shape index (κ2) is 5.99. The van der Waals surface area contributed by atoms with Crippen LogP contribution < -0.4 is 4.90 Å². The van der Waals surface area contributed by atoms with E-state index in [1.807, 2.05) is 45.9 Å². The molecule has 1 atom stereocenters. The van der Waals surface area contributed by atoms with Crippen LogP contribution in [0.2, 0.25) is 0 Å². The molecule has 0 spiro atoms. The number of esters is 1. The number of fused-ring (bicyclic) bond motifs is 1. The Morgan fingerprint density at radius 1 is 1.32 bits per heavy atom. The molecular weight excluding hydrogens is 282 g/mol. The van der Waals surface area contributed by atoms with Gasteiger partial charge in [-0.1, -0.05) is 12.1 Å². The molecule has 22 heavy (non-hydrogen) atoms. The van der Waals surface area contributed by atoms with Gasteiger partial charge in [0.15, 0.2) is 0 Å². The molecule has 2 rings (SSSR count). The van der Waals surface area contributed by atoms with Gasteiger partial charge in [-0.3, -0.25) is 9.69 Å². The van der Waals surface area contributed by atoms with Crippen LogP contribution in [0.15, 0.2) is 18.2 Å². The lowest BCUT2D eigenvalue weighted by Crippen LogP contribution is -2.40. The third kappa shape index (κ3) is 3.59. The normalized spacial score (nSPS) is 17.1. The van der Waals surface area contributed by atoms with Crippen molar-refractivity contribution in [2.45, 2.75) is 52.2 Å². The Kier molecular flexibility index (Phi) is 4.44. The average Bonchev–Trinajstić information content (AvgIpc) is 2.71. The van der Waals surface area contributed by atoms with E-state index in [1.165, 1.54) is 7.11 Å². The van der Waals surface area contributed by atoms with E-state index in [1.54, 1.807) is 4.90 Å². The quantitative estimate of drug-likeness (QED) is 0.788. The summed E-state index contributed by atoms with van der Waals surface area (Å²) in [6.45, 7) is 7.55. The summed E-state index contributed by atoms with van der Waals surface area (Å²) in [6.07, 6.45) is 0.660. The maximum absolute atomic E-state index is 12.4. The van der Waals surface area contributed by atoms with Crippen molar-refractivity contribution in [2.75, 3.05) is 12.0 Å². The first kappa shape index (κ1) is 16.3. The topological polar surface area (TPSA) is 55.8 Å². The summed E-state index contributed by atoms with van der Waals surface area (Å²) >= 11 is 0. The Balaban J connectivity index is 2.22. The van der Waals surface area contributed by atoms with Crippen molar-refractivity contribution in [3.63, 3.8) is 0 Å². The minimum Gasteiger partial charge on any atom is -0.469 e. The Morgan fingerprint density at radius 3 is 2.59 bits per heavy atom. The first-order chi connectivity index (χ1) is 10.2. The first-order valence-corrected chi connectivity index (χ1v) is 7.42. The molecule has 0 fully saturated rings. The summed E-state index contributed by atoms with van der Waals surface area (Å²) in [6, 6.07) is 5.73. The van der Waals surface area contributed by atoms with Gasteiger partial charge in [-0.05, 0) is 51.3 Å². The highest BCUT2D eigenvalue weighted by Gasteiger charge is 2.34. The van der Waals surface area contributed by atoms with Gasteiger partial charge in [0.05, 0.1) is 19.2 Å². The number of rotatable bonds is 2. The summed E-state index contributed by atoms with van der Waals surface area (Å²) in [5, 5.41) is 0. The maximum Gasteiger partial charge on any atom is 0.415 e. The van der Waals surface area contributed by atoms with Crippen LogP contribution in [0.3, 0.4) is 0 Å². The molecule has 0 N–H and O–H groups in total. The number of hydrogen-bond donors (Lipinski definition) is 0. The van der Waals surface area contributed by atoms with E-state index >= 15 is 0 Å². The number of amides is 1. The third-order valence-corrected chi connectivity index (χ3v) is 3.53. The van der Waals surface area contributed by atoms with Crippen LogP contribution in [-0.4, -0.2) is 30.8 Å². The standard InChI is InChI=1S/C17H23NO4/c1-11-8-13-9-12(10-15(19)21-5)6-7-14(13)18(11)16(20)22-17(2,3)4/h6-7,9,11H,8,10H2,1-5H3. The monoisotopic (exact) mass is 305 g/mol. The van der Waals surface area contributed by atoms with Crippen molar-refractivity contribution in [1.82, 2.24) is 0 Å². The molecule has 0 saturated carbocycles. The van der Waals surface area contributed by atoms with E-state index in [9.17, 15) is 9.59 Å². The van der Waals surface area contributed by atoms with Crippen molar-refractivity contribution in [1.29, 1.82) is 0 Å². The van der Waals surface area contributed by atoms with E-state index in [0.717, 1.165) is 23.2 Å². The zero-order chi connectivity index (χ0) is 16.5. The molecule has 0 saturated heterocycles. The Hall–Kier alpha value is -2.04. The lowest BCUT2D eigenvalue weighted by atomic mass is 10.1. The molecule has 1 heterocycles. The van der Waals surface area contributed by atoms with Crippen molar-refractivity contribution >= 4 is 17.7 Å². The second-order valence-corrected chi connectivity index (χ2v) is 6.62. The fraction of sp³-hybridized carbons (Fsp3) is 0.529.